The number of carbonyl (C=O) groups excluding carboxylic acids is 2. The second kappa shape index (κ2) is 9.33. The predicted octanol–water partition coefficient (Wildman–Crippen LogP) is 4.97. The zero-order valence-corrected chi connectivity index (χ0v) is 17.1. The van der Waals surface area contributed by atoms with Crippen LogP contribution in [0.15, 0.2) is 46.8 Å². The van der Waals surface area contributed by atoms with Gasteiger partial charge in [0.1, 0.15) is 5.82 Å². The maximum atomic E-state index is 12.9. The molecule has 144 valence electrons. The molecular formula is C17H11Cl2FN4O2S2. The minimum absolute atomic E-state index is 0.0863. The highest BCUT2D eigenvalue weighted by Gasteiger charge is 2.14. The molecule has 0 aliphatic heterocycles. The summed E-state index contributed by atoms with van der Waals surface area (Å²) in [5.41, 5.74) is 0.756. The number of halogens is 3. The molecule has 3 rings (SSSR count). The first kappa shape index (κ1) is 20.5. The van der Waals surface area contributed by atoms with Gasteiger partial charge in [0.25, 0.3) is 5.91 Å². The van der Waals surface area contributed by atoms with Crippen molar-refractivity contribution < 1.29 is 14.0 Å². The molecule has 0 aliphatic rings. The van der Waals surface area contributed by atoms with Crippen LogP contribution in [0.3, 0.4) is 0 Å². The number of carbonyl (C=O) groups is 2. The molecule has 0 aliphatic carbocycles. The number of nitrogens with zero attached hydrogens (tertiary/aromatic N) is 2. The molecule has 0 spiro atoms. The van der Waals surface area contributed by atoms with Crippen LogP contribution < -0.4 is 10.6 Å². The van der Waals surface area contributed by atoms with Crippen molar-refractivity contribution in [3.8, 4) is 0 Å². The van der Waals surface area contributed by atoms with Crippen molar-refractivity contribution in [1.29, 1.82) is 0 Å². The van der Waals surface area contributed by atoms with Crippen molar-refractivity contribution in [1.82, 2.24) is 10.2 Å². The normalized spacial score (nSPS) is 10.5. The van der Waals surface area contributed by atoms with E-state index in [0.29, 0.717) is 15.0 Å². The average molecular weight is 457 g/mol. The van der Waals surface area contributed by atoms with E-state index < -0.39 is 5.91 Å². The Kier molecular flexibility index (Phi) is 6.84. The number of rotatable bonds is 6. The van der Waals surface area contributed by atoms with Crippen LogP contribution in [-0.2, 0) is 4.79 Å². The van der Waals surface area contributed by atoms with E-state index in [1.807, 2.05) is 0 Å². The molecule has 0 saturated carbocycles. The van der Waals surface area contributed by atoms with Crippen molar-refractivity contribution in [2.24, 2.45) is 0 Å². The Labute approximate surface area is 177 Å². The van der Waals surface area contributed by atoms with E-state index >= 15 is 0 Å². The Bertz CT molecular complexity index is 1010. The summed E-state index contributed by atoms with van der Waals surface area (Å²) in [5.74, 6) is -1.01. The van der Waals surface area contributed by atoms with E-state index in [-0.39, 0.29) is 33.2 Å². The lowest BCUT2D eigenvalue weighted by Crippen LogP contribution is -2.13. The number of thioether (sulfide) groups is 1. The van der Waals surface area contributed by atoms with Gasteiger partial charge in [-0.2, -0.15) is 0 Å². The van der Waals surface area contributed by atoms with E-state index in [1.165, 1.54) is 36.4 Å². The van der Waals surface area contributed by atoms with Crippen LogP contribution in [0.25, 0.3) is 0 Å². The molecule has 2 aromatic carbocycles. The van der Waals surface area contributed by atoms with Crippen molar-refractivity contribution >= 4 is 68.9 Å². The molecule has 2 N–H and O–H groups in total. The molecular weight excluding hydrogens is 446 g/mol. The maximum absolute atomic E-state index is 12.9. The highest BCUT2D eigenvalue weighted by molar-refractivity contribution is 8.01. The monoisotopic (exact) mass is 456 g/mol. The fourth-order valence-electron chi connectivity index (χ4n) is 2.01. The third-order valence-corrected chi connectivity index (χ3v) is 5.78. The molecule has 0 atom stereocenters. The van der Waals surface area contributed by atoms with Gasteiger partial charge in [0, 0.05) is 10.7 Å². The van der Waals surface area contributed by atoms with E-state index in [0.717, 1.165) is 23.1 Å². The van der Waals surface area contributed by atoms with Gasteiger partial charge in [0.2, 0.25) is 11.0 Å². The minimum atomic E-state index is -0.441. The third kappa shape index (κ3) is 5.65. The van der Waals surface area contributed by atoms with Gasteiger partial charge >= 0.3 is 0 Å². The second-order valence-electron chi connectivity index (χ2n) is 5.30. The fourth-order valence-corrected chi connectivity index (χ4v) is 4.06. The Morgan fingerprint density at radius 1 is 1.07 bits per heavy atom. The summed E-state index contributed by atoms with van der Waals surface area (Å²) in [7, 11) is 0. The van der Waals surface area contributed by atoms with Crippen molar-refractivity contribution in [3.63, 3.8) is 0 Å². The zero-order valence-electron chi connectivity index (χ0n) is 13.9. The average Bonchev–Trinajstić information content (AvgIpc) is 3.09. The summed E-state index contributed by atoms with van der Waals surface area (Å²) >= 11 is 14.1. The fraction of sp³-hybridized carbons (Fsp3) is 0.0588. The van der Waals surface area contributed by atoms with E-state index in [9.17, 15) is 14.0 Å². The lowest BCUT2D eigenvalue weighted by molar-refractivity contribution is -0.113. The van der Waals surface area contributed by atoms with Crippen LogP contribution in [-0.4, -0.2) is 27.8 Å². The molecule has 2 amide bonds. The Morgan fingerprint density at radius 3 is 2.54 bits per heavy atom. The van der Waals surface area contributed by atoms with Crippen LogP contribution in [0.5, 0.6) is 0 Å². The summed E-state index contributed by atoms with van der Waals surface area (Å²) in [6.07, 6.45) is 0. The molecule has 1 aromatic heterocycles. The number of anilines is 2. The van der Waals surface area contributed by atoms with E-state index in [1.54, 1.807) is 6.07 Å². The molecule has 0 bridgehead atoms. The standard InChI is InChI=1S/C17H11Cl2FN4O2S2/c18-9-1-6-12(13(19)7-9)15(26)22-16-23-24-17(28-16)27-8-14(25)21-11-4-2-10(20)3-5-11/h1-7H,8H2,(H,21,25)(H,22,23,26). The summed E-state index contributed by atoms with van der Waals surface area (Å²) in [6.45, 7) is 0. The van der Waals surface area contributed by atoms with Gasteiger partial charge in [0.05, 0.1) is 16.3 Å². The number of hydrogen-bond acceptors (Lipinski definition) is 6. The van der Waals surface area contributed by atoms with E-state index in [2.05, 4.69) is 20.8 Å². The first-order valence-electron chi connectivity index (χ1n) is 7.69. The quantitative estimate of drug-likeness (QED) is 0.404. The van der Waals surface area contributed by atoms with Crippen molar-refractivity contribution in [2.75, 3.05) is 16.4 Å². The third-order valence-electron chi connectivity index (χ3n) is 3.26. The summed E-state index contributed by atoms with van der Waals surface area (Å²) < 4.78 is 13.4. The van der Waals surface area contributed by atoms with Crippen LogP contribution in [0.4, 0.5) is 15.2 Å². The van der Waals surface area contributed by atoms with E-state index in [4.69, 9.17) is 23.2 Å². The molecule has 11 heteroatoms. The summed E-state index contributed by atoms with van der Waals surface area (Å²) in [6, 6.07) is 10.0. The minimum Gasteiger partial charge on any atom is -0.325 e. The SMILES string of the molecule is O=C(CSc1nnc(NC(=O)c2ccc(Cl)cc2Cl)s1)Nc1ccc(F)cc1. The Balaban J connectivity index is 1.53. The molecule has 6 nitrogen and oxygen atoms in total. The van der Waals surface area contributed by atoms with Gasteiger partial charge in [-0.15, -0.1) is 10.2 Å². The molecule has 0 fully saturated rings. The second-order valence-corrected chi connectivity index (χ2v) is 8.34. The number of nitrogens with one attached hydrogen (secondary N) is 2. The van der Waals surface area contributed by atoms with Gasteiger partial charge < -0.3 is 5.32 Å². The predicted molar refractivity (Wildman–Crippen MR) is 110 cm³/mol. The molecule has 3 aromatic rings. The number of benzene rings is 2. The van der Waals surface area contributed by atoms with Gasteiger partial charge in [-0.05, 0) is 42.5 Å². The van der Waals surface area contributed by atoms with Gasteiger partial charge in [0.15, 0.2) is 4.34 Å². The largest absolute Gasteiger partial charge is 0.325 e. The Hall–Kier alpha value is -2.20. The number of amides is 2. The van der Waals surface area contributed by atoms with Crippen molar-refractivity contribution in [2.45, 2.75) is 4.34 Å². The first-order valence-corrected chi connectivity index (χ1v) is 10.2. The maximum Gasteiger partial charge on any atom is 0.259 e. The molecule has 0 unspecified atom stereocenters. The Morgan fingerprint density at radius 2 is 1.82 bits per heavy atom. The number of aromatic nitrogens is 2. The van der Waals surface area contributed by atoms with Crippen LogP contribution in [0, 0.1) is 5.82 Å². The highest BCUT2D eigenvalue weighted by atomic mass is 35.5. The summed E-state index contributed by atoms with van der Waals surface area (Å²) in [5, 5.41) is 14.0. The number of hydrogen-bond donors (Lipinski definition) is 2. The van der Waals surface area contributed by atoms with Gasteiger partial charge in [-0.3, -0.25) is 14.9 Å². The smallest absolute Gasteiger partial charge is 0.259 e. The molecule has 0 radical (unpaired) electrons. The first-order chi connectivity index (χ1) is 13.4. The van der Waals surface area contributed by atoms with Crippen LogP contribution in [0.2, 0.25) is 10.0 Å². The van der Waals surface area contributed by atoms with Gasteiger partial charge in [-0.25, -0.2) is 4.39 Å². The summed E-state index contributed by atoms with van der Waals surface area (Å²) in [4.78, 5) is 24.2. The molecule has 1 heterocycles. The topological polar surface area (TPSA) is 84.0 Å². The van der Waals surface area contributed by atoms with Crippen molar-refractivity contribution in [3.05, 3.63) is 63.9 Å². The lowest BCUT2D eigenvalue weighted by Gasteiger charge is -2.04. The molecule has 28 heavy (non-hydrogen) atoms. The highest BCUT2D eigenvalue weighted by Crippen LogP contribution is 2.27. The van der Waals surface area contributed by atoms with Crippen LogP contribution in [0.1, 0.15) is 10.4 Å². The van der Waals surface area contributed by atoms with Gasteiger partial charge in [-0.1, -0.05) is 46.3 Å². The lowest BCUT2D eigenvalue weighted by atomic mass is 10.2. The van der Waals surface area contributed by atoms with Crippen LogP contribution >= 0.6 is 46.3 Å². The molecule has 0 saturated heterocycles. The zero-order chi connectivity index (χ0) is 20.1.